The van der Waals surface area contributed by atoms with Crippen molar-refractivity contribution in [1.82, 2.24) is 19.9 Å². The first kappa shape index (κ1) is 26.9. The average molecular weight is 566 g/mol. The van der Waals surface area contributed by atoms with E-state index in [2.05, 4.69) is 14.9 Å². The molecule has 6 rings (SSSR count). The number of ether oxygens (including phenoxy) is 1. The molecule has 1 unspecified atom stereocenters. The monoisotopic (exact) mass is 565 g/mol. The van der Waals surface area contributed by atoms with Gasteiger partial charge in [0.05, 0.1) is 17.6 Å². The van der Waals surface area contributed by atoms with Crippen molar-refractivity contribution in [2.45, 2.75) is 38.2 Å². The number of pyridine rings is 1. The van der Waals surface area contributed by atoms with Crippen LogP contribution in [0.3, 0.4) is 0 Å². The van der Waals surface area contributed by atoms with Crippen LogP contribution in [-0.2, 0) is 0 Å². The van der Waals surface area contributed by atoms with Crippen LogP contribution in [0.25, 0.3) is 32.9 Å². The molecule has 40 heavy (non-hydrogen) atoms. The molecule has 0 radical (unpaired) electrons. The van der Waals surface area contributed by atoms with Crippen LogP contribution in [0.2, 0.25) is 5.02 Å². The number of nitrogens with zero attached hydrogens (tertiary/aromatic N) is 5. The first-order valence-electron chi connectivity index (χ1n) is 13.6. The number of hydrogen-bond donors (Lipinski definition) is 2. The van der Waals surface area contributed by atoms with Gasteiger partial charge in [0.2, 0.25) is 0 Å². The van der Waals surface area contributed by atoms with Gasteiger partial charge in [0.25, 0.3) is 0 Å². The highest BCUT2D eigenvalue weighted by molar-refractivity contribution is 6.36. The Labute approximate surface area is 237 Å². The lowest BCUT2D eigenvalue weighted by Crippen LogP contribution is -2.46. The van der Waals surface area contributed by atoms with E-state index in [-0.39, 0.29) is 28.4 Å². The average Bonchev–Trinajstić information content (AvgIpc) is 3.65. The second kappa shape index (κ2) is 9.98. The Morgan fingerprint density at radius 1 is 1.18 bits per heavy atom. The maximum atomic E-state index is 16.5. The van der Waals surface area contributed by atoms with Crippen molar-refractivity contribution in [2.24, 2.45) is 5.41 Å². The number of aliphatic hydroxyl groups is 1. The van der Waals surface area contributed by atoms with E-state index in [4.69, 9.17) is 21.3 Å². The van der Waals surface area contributed by atoms with Crippen LogP contribution in [-0.4, -0.2) is 76.0 Å². The van der Waals surface area contributed by atoms with E-state index in [1.807, 2.05) is 19.0 Å². The number of piperidine rings is 1. The molecular formula is C30H33ClFN5O3. The molecule has 8 nitrogen and oxygen atoms in total. The quantitative estimate of drug-likeness (QED) is 0.307. The van der Waals surface area contributed by atoms with E-state index >= 15 is 4.39 Å². The predicted molar refractivity (Wildman–Crippen MR) is 155 cm³/mol. The van der Waals surface area contributed by atoms with Crippen LogP contribution in [0.15, 0.2) is 36.5 Å². The first-order valence-corrected chi connectivity index (χ1v) is 13.9. The molecule has 1 aliphatic heterocycles. The molecule has 1 atom stereocenters. The summed E-state index contributed by atoms with van der Waals surface area (Å²) in [5.41, 5.74) is -0.406. The second-order valence-electron chi connectivity index (χ2n) is 11.9. The van der Waals surface area contributed by atoms with Crippen molar-refractivity contribution in [2.75, 3.05) is 45.2 Å². The Balaban J connectivity index is 1.49. The van der Waals surface area contributed by atoms with Gasteiger partial charge < -0.3 is 24.7 Å². The first-order chi connectivity index (χ1) is 19.0. The molecule has 10 heteroatoms. The summed E-state index contributed by atoms with van der Waals surface area (Å²) in [5, 5.41) is 23.3. The maximum absolute atomic E-state index is 16.5. The Morgan fingerprint density at radius 2 is 1.98 bits per heavy atom. The van der Waals surface area contributed by atoms with Crippen LogP contribution in [0, 0.1) is 11.2 Å². The molecule has 2 aromatic heterocycles. The van der Waals surface area contributed by atoms with Crippen molar-refractivity contribution in [3.8, 4) is 23.0 Å². The fraction of sp³-hybridized carbons (Fsp3) is 0.433. The summed E-state index contributed by atoms with van der Waals surface area (Å²) in [7, 11) is 4.07. The lowest BCUT2D eigenvalue weighted by molar-refractivity contribution is 0.0447. The van der Waals surface area contributed by atoms with Gasteiger partial charge in [-0.3, -0.25) is 4.98 Å². The molecule has 0 amide bonds. The minimum Gasteiger partial charge on any atom is -0.508 e. The van der Waals surface area contributed by atoms with Crippen LogP contribution < -0.4 is 9.64 Å². The van der Waals surface area contributed by atoms with Crippen molar-refractivity contribution in [3.63, 3.8) is 0 Å². The molecule has 2 N–H and O–H groups in total. The Kier molecular flexibility index (Phi) is 6.71. The van der Waals surface area contributed by atoms with Gasteiger partial charge >= 0.3 is 6.01 Å². The smallest absolute Gasteiger partial charge is 0.319 e. The minimum absolute atomic E-state index is 0.0222. The van der Waals surface area contributed by atoms with E-state index in [1.165, 1.54) is 6.07 Å². The number of aromatic hydroxyl groups is 1. The van der Waals surface area contributed by atoms with Crippen molar-refractivity contribution >= 4 is 39.1 Å². The normalized spacial score (nSPS) is 20.4. The Hall–Kier alpha value is -3.27. The zero-order valence-corrected chi connectivity index (χ0v) is 23.7. The number of anilines is 1. The molecular weight excluding hydrogens is 533 g/mol. The molecule has 1 saturated heterocycles. The molecule has 1 saturated carbocycles. The number of benzene rings is 2. The van der Waals surface area contributed by atoms with Crippen molar-refractivity contribution in [3.05, 3.63) is 47.4 Å². The summed E-state index contributed by atoms with van der Waals surface area (Å²) < 4.78 is 22.6. The van der Waals surface area contributed by atoms with E-state index in [1.54, 1.807) is 37.4 Å². The van der Waals surface area contributed by atoms with Gasteiger partial charge in [-0.15, -0.1) is 0 Å². The number of phenols is 1. The zero-order chi connectivity index (χ0) is 28.2. The third-order valence-electron chi connectivity index (χ3n) is 7.90. The van der Waals surface area contributed by atoms with Gasteiger partial charge in [-0.25, -0.2) is 4.39 Å². The van der Waals surface area contributed by atoms with Crippen LogP contribution in [0.4, 0.5) is 10.2 Å². The standard InChI is InChI=1S/C30H33ClFN5O3/c1-29(39)8-5-11-37(15-29)27-21-14-33-25(20-13-19(38)12-18-6-4-7-22(31)23(18)20)24(32)26(21)34-28(35-27)40-17-30(9-10-30)16-36(2)3/h4,6-7,12-14,38-39H,5,8-11,15-17H2,1-3H3. The third-order valence-corrected chi connectivity index (χ3v) is 8.22. The minimum atomic E-state index is -0.899. The topological polar surface area (TPSA) is 94.8 Å². The van der Waals surface area contributed by atoms with Gasteiger partial charge in [0, 0.05) is 47.2 Å². The van der Waals surface area contributed by atoms with Gasteiger partial charge in [-0.05, 0) is 70.3 Å². The predicted octanol–water partition coefficient (Wildman–Crippen LogP) is 5.41. The fourth-order valence-electron chi connectivity index (χ4n) is 5.88. The number of halogens is 2. The van der Waals surface area contributed by atoms with Crippen LogP contribution in [0.1, 0.15) is 32.6 Å². The summed E-state index contributed by atoms with van der Waals surface area (Å²) in [5.74, 6) is -0.199. The summed E-state index contributed by atoms with van der Waals surface area (Å²) in [6.45, 7) is 4.11. The fourth-order valence-corrected chi connectivity index (χ4v) is 6.17. The van der Waals surface area contributed by atoms with Gasteiger partial charge in [0.1, 0.15) is 22.8 Å². The molecule has 0 bridgehead atoms. The molecule has 2 aliphatic rings. The molecule has 2 fully saturated rings. The molecule has 210 valence electrons. The van der Waals surface area contributed by atoms with Gasteiger partial charge in [-0.2, -0.15) is 9.97 Å². The van der Waals surface area contributed by atoms with E-state index in [0.717, 1.165) is 25.8 Å². The molecule has 2 aromatic carbocycles. The van der Waals surface area contributed by atoms with Crippen LogP contribution >= 0.6 is 11.6 Å². The lowest BCUT2D eigenvalue weighted by atomic mass is 9.95. The number of β-amino-alcohol motifs (C(OH)–C–C–N with tert-alkyl or cyclic N) is 1. The van der Waals surface area contributed by atoms with E-state index < -0.39 is 11.4 Å². The Bertz CT molecular complexity index is 1610. The number of fused-ring (bicyclic) bond motifs is 2. The molecule has 1 aliphatic carbocycles. The molecule has 0 spiro atoms. The van der Waals surface area contributed by atoms with Gasteiger partial charge in [0.15, 0.2) is 5.82 Å². The SMILES string of the molecule is CN(C)CC1(COc2nc(N3CCCC(C)(O)C3)c3cnc(-c4cc(O)cc5cccc(Cl)c45)c(F)c3n2)CC1. The van der Waals surface area contributed by atoms with Crippen molar-refractivity contribution < 1.29 is 19.3 Å². The summed E-state index contributed by atoms with van der Waals surface area (Å²) >= 11 is 6.53. The lowest BCUT2D eigenvalue weighted by Gasteiger charge is -2.37. The van der Waals surface area contributed by atoms with E-state index in [9.17, 15) is 10.2 Å². The third kappa shape index (κ3) is 5.13. The number of rotatable bonds is 7. The van der Waals surface area contributed by atoms with Crippen molar-refractivity contribution in [1.29, 1.82) is 0 Å². The highest BCUT2D eigenvalue weighted by atomic mass is 35.5. The highest BCUT2D eigenvalue weighted by Crippen LogP contribution is 2.46. The molecule has 4 aromatic rings. The second-order valence-corrected chi connectivity index (χ2v) is 12.3. The maximum Gasteiger partial charge on any atom is 0.319 e. The van der Waals surface area contributed by atoms with Crippen LogP contribution in [0.5, 0.6) is 11.8 Å². The Morgan fingerprint density at radius 3 is 2.70 bits per heavy atom. The number of aromatic nitrogens is 3. The largest absolute Gasteiger partial charge is 0.508 e. The summed E-state index contributed by atoms with van der Waals surface area (Å²) in [4.78, 5) is 17.9. The molecule has 3 heterocycles. The number of phenolic OH excluding ortho intramolecular Hbond substituents is 1. The van der Waals surface area contributed by atoms with E-state index in [0.29, 0.717) is 58.7 Å². The van der Waals surface area contributed by atoms with Gasteiger partial charge in [-0.1, -0.05) is 23.7 Å². The number of hydrogen-bond acceptors (Lipinski definition) is 8. The highest BCUT2D eigenvalue weighted by Gasteiger charge is 2.44. The summed E-state index contributed by atoms with van der Waals surface area (Å²) in [6, 6.07) is 8.44. The zero-order valence-electron chi connectivity index (χ0n) is 22.9. The summed E-state index contributed by atoms with van der Waals surface area (Å²) in [6.07, 6.45) is 5.09.